The molecule has 21 heavy (non-hydrogen) atoms. The van der Waals surface area contributed by atoms with E-state index >= 15 is 0 Å². The number of carbonyl (C=O) groups is 1. The molecule has 1 amide bonds. The van der Waals surface area contributed by atoms with Gasteiger partial charge in [-0.1, -0.05) is 0 Å². The third-order valence-corrected chi connectivity index (χ3v) is 5.18. The molecule has 6 nitrogen and oxygen atoms in total. The minimum Gasteiger partial charge on any atom is -0.274 e. The molecule has 2 aromatic heterocycles. The maximum Gasteiger partial charge on any atom is 0.283 e. The van der Waals surface area contributed by atoms with E-state index in [1.54, 1.807) is 11.3 Å². The molecule has 112 valence electrons. The van der Waals surface area contributed by atoms with E-state index < -0.39 is 15.9 Å². The summed E-state index contributed by atoms with van der Waals surface area (Å²) >= 11 is 1.64. The number of thiophene rings is 1. The summed E-state index contributed by atoms with van der Waals surface area (Å²) in [5.41, 5.74) is 1.20. The molecule has 2 heterocycles. The van der Waals surface area contributed by atoms with Crippen LogP contribution >= 0.6 is 11.3 Å². The number of nitrogens with one attached hydrogen (secondary N) is 1. The number of rotatable bonds is 6. The molecule has 0 aliphatic rings. The van der Waals surface area contributed by atoms with Gasteiger partial charge in [0.1, 0.15) is 0 Å². The monoisotopic (exact) mass is 325 g/mol. The molecule has 0 radical (unpaired) electrons. The zero-order chi connectivity index (χ0) is 15.3. The Kier molecular flexibility index (Phi) is 5.03. The fraction of sp³-hybridized carbons (Fsp3) is 0.308. The Labute approximate surface area is 127 Å². The van der Waals surface area contributed by atoms with Crippen LogP contribution in [0, 0.1) is 6.92 Å². The molecule has 0 aliphatic heterocycles. The molecule has 0 aliphatic carbocycles. The fourth-order valence-corrected chi connectivity index (χ4v) is 3.61. The lowest BCUT2D eigenvalue weighted by Gasteiger charge is -2.05. The van der Waals surface area contributed by atoms with E-state index in [-0.39, 0.29) is 11.4 Å². The molecule has 2 aromatic rings. The zero-order valence-electron chi connectivity index (χ0n) is 11.4. The van der Waals surface area contributed by atoms with Crippen molar-refractivity contribution in [3.8, 4) is 0 Å². The molecular formula is C13H15N3O3S2. The second-order valence-corrected chi connectivity index (χ2v) is 7.08. The predicted octanol–water partition coefficient (Wildman–Crippen LogP) is 1.67. The fourth-order valence-electron chi connectivity index (χ4n) is 1.75. The van der Waals surface area contributed by atoms with Crippen molar-refractivity contribution < 1.29 is 13.2 Å². The lowest BCUT2D eigenvalue weighted by atomic mass is 10.1. The number of amides is 1. The van der Waals surface area contributed by atoms with Crippen LogP contribution in [0.3, 0.4) is 0 Å². The van der Waals surface area contributed by atoms with Crippen molar-refractivity contribution in [1.29, 1.82) is 0 Å². The van der Waals surface area contributed by atoms with Crippen molar-refractivity contribution in [2.24, 2.45) is 0 Å². The summed E-state index contributed by atoms with van der Waals surface area (Å²) in [6.07, 6.45) is 5.25. The number of carbonyl (C=O) groups excluding carboxylic acids is 1. The van der Waals surface area contributed by atoms with E-state index in [9.17, 15) is 13.2 Å². The standard InChI is InChI=1S/C13H15N3O3S2/c1-10-5-8-20-11(10)3-2-4-12(17)16-21(18,19)13-9-14-6-7-15-13/h5-9H,2-4H2,1H3,(H,16,17). The Hall–Kier alpha value is -1.80. The van der Waals surface area contributed by atoms with E-state index in [4.69, 9.17) is 0 Å². The van der Waals surface area contributed by atoms with Gasteiger partial charge in [-0.3, -0.25) is 9.78 Å². The van der Waals surface area contributed by atoms with Crippen molar-refractivity contribution in [3.05, 3.63) is 40.5 Å². The van der Waals surface area contributed by atoms with Crippen LogP contribution in [0.25, 0.3) is 0 Å². The van der Waals surface area contributed by atoms with Crippen LogP contribution in [-0.2, 0) is 21.2 Å². The van der Waals surface area contributed by atoms with Gasteiger partial charge in [0.25, 0.3) is 10.0 Å². The SMILES string of the molecule is Cc1ccsc1CCCC(=O)NS(=O)(=O)c1cnccn1. The Morgan fingerprint density at radius 2 is 2.19 bits per heavy atom. The average Bonchev–Trinajstić information content (AvgIpc) is 2.85. The van der Waals surface area contributed by atoms with Crippen molar-refractivity contribution in [1.82, 2.24) is 14.7 Å². The van der Waals surface area contributed by atoms with Crippen LogP contribution in [0.15, 0.2) is 35.1 Å². The molecule has 1 N–H and O–H groups in total. The highest BCUT2D eigenvalue weighted by molar-refractivity contribution is 7.90. The summed E-state index contributed by atoms with van der Waals surface area (Å²) in [6, 6.07) is 2.03. The number of nitrogens with zero attached hydrogens (tertiary/aromatic N) is 2. The summed E-state index contributed by atoms with van der Waals surface area (Å²) < 4.78 is 25.7. The van der Waals surface area contributed by atoms with E-state index in [1.165, 1.54) is 22.8 Å². The van der Waals surface area contributed by atoms with E-state index in [2.05, 4.69) is 9.97 Å². The maximum absolute atomic E-state index is 11.9. The van der Waals surface area contributed by atoms with Crippen LogP contribution in [0.5, 0.6) is 0 Å². The van der Waals surface area contributed by atoms with Gasteiger partial charge in [-0.25, -0.2) is 9.71 Å². The predicted molar refractivity (Wildman–Crippen MR) is 79.4 cm³/mol. The number of aromatic nitrogens is 2. The largest absolute Gasteiger partial charge is 0.283 e. The Bertz CT molecular complexity index is 711. The van der Waals surface area contributed by atoms with Crippen LogP contribution in [0.2, 0.25) is 0 Å². The third-order valence-electron chi connectivity index (χ3n) is 2.84. The van der Waals surface area contributed by atoms with Crippen molar-refractivity contribution in [3.63, 3.8) is 0 Å². The minimum absolute atomic E-state index is 0.150. The van der Waals surface area contributed by atoms with Gasteiger partial charge < -0.3 is 0 Å². The van der Waals surface area contributed by atoms with Gasteiger partial charge in [0.05, 0.1) is 6.20 Å². The Morgan fingerprint density at radius 3 is 2.81 bits per heavy atom. The second-order valence-electron chi connectivity index (χ2n) is 4.45. The van der Waals surface area contributed by atoms with Crippen molar-refractivity contribution >= 4 is 27.3 Å². The first-order valence-corrected chi connectivity index (χ1v) is 8.70. The molecule has 0 spiro atoms. The first-order valence-electron chi connectivity index (χ1n) is 6.33. The topological polar surface area (TPSA) is 89.0 Å². The molecular weight excluding hydrogens is 310 g/mol. The molecule has 0 atom stereocenters. The van der Waals surface area contributed by atoms with Gasteiger partial charge >= 0.3 is 0 Å². The highest BCUT2D eigenvalue weighted by Crippen LogP contribution is 2.18. The minimum atomic E-state index is -3.92. The number of hydrogen-bond donors (Lipinski definition) is 1. The molecule has 2 rings (SSSR count). The molecule has 0 unspecified atom stereocenters. The van der Waals surface area contributed by atoms with Gasteiger partial charge in [0.15, 0.2) is 5.03 Å². The van der Waals surface area contributed by atoms with Gasteiger partial charge in [0.2, 0.25) is 5.91 Å². The second kappa shape index (κ2) is 6.77. The molecule has 8 heteroatoms. The Morgan fingerprint density at radius 1 is 1.38 bits per heavy atom. The van der Waals surface area contributed by atoms with Gasteiger partial charge in [-0.05, 0) is 36.8 Å². The smallest absolute Gasteiger partial charge is 0.274 e. The first-order chi connectivity index (χ1) is 9.99. The summed E-state index contributed by atoms with van der Waals surface area (Å²) in [6.45, 7) is 2.02. The molecule has 0 saturated heterocycles. The molecule has 0 aromatic carbocycles. The van der Waals surface area contributed by atoms with Gasteiger partial charge in [0, 0.05) is 23.7 Å². The molecule has 0 bridgehead atoms. The van der Waals surface area contributed by atoms with E-state index in [0.29, 0.717) is 6.42 Å². The summed E-state index contributed by atoms with van der Waals surface area (Å²) in [4.78, 5) is 20.3. The maximum atomic E-state index is 11.9. The Balaban J connectivity index is 1.86. The highest BCUT2D eigenvalue weighted by atomic mass is 32.2. The zero-order valence-corrected chi connectivity index (χ0v) is 13.1. The van der Waals surface area contributed by atoms with Crippen LogP contribution in [0.4, 0.5) is 0 Å². The summed E-state index contributed by atoms with van der Waals surface area (Å²) in [7, 11) is -3.92. The average molecular weight is 325 g/mol. The van der Waals surface area contributed by atoms with E-state index in [1.807, 2.05) is 23.1 Å². The molecule has 0 fully saturated rings. The first kappa shape index (κ1) is 15.6. The summed E-state index contributed by atoms with van der Waals surface area (Å²) in [5.74, 6) is -0.533. The molecule has 0 saturated carbocycles. The highest BCUT2D eigenvalue weighted by Gasteiger charge is 2.18. The number of hydrogen-bond acceptors (Lipinski definition) is 6. The van der Waals surface area contributed by atoms with Crippen molar-refractivity contribution in [2.45, 2.75) is 31.2 Å². The van der Waals surface area contributed by atoms with Crippen LogP contribution < -0.4 is 4.72 Å². The van der Waals surface area contributed by atoms with Crippen molar-refractivity contribution in [2.75, 3.05) is 0 Å². The number of aryl methyl sites for hydroxylation is 2. The summed E-state index contributed by atoms with van der Waals surface area (Å²) in [5, 5.41) is 1.75. The van der Waals surface area contributed by atoms with Crippen LogP contribution in [-0.4, -0.2) is 24.3 Å². The quantitative estimate of drug-likeness (QED) is 0.873. The van der Waals surface area contributed by atoms with Gasteiger partial charge in [-0.2, -0.15) is 8.42 Å². The number of sulfonamides is 1. The normalized spacial score (nSPS) is 11.3. The third kappa shape index (κ3) is 4.33. The van der Waals surface area contributed by atoms with E-state index in [0.717, 1.165) is 12.6 Å². The van der Waals surface area contributed by atoms with Gasteiger partial charge in [-0.15, -0.1) is 11.3 Å². The lowest BCUT2D eigenvalue weighted by Crippen LogP contribution is -2.31. The lowest BCUT2D eigenvalue weighted by molar-refractivity contribution is -0.119. The van der Waals surface area contributed by atoms with Crippen LogP contribution in [0.1, 0.15) is 23.3 Å².